The van der Waals surface area contributed by atoms with Crippen molar-refractivity contribution in [1.82, 2.24) is 9.55 Å². The molecule has 1 fully saturated rings. The van der Waals surface area contributed by atoms with Crippen LogP contribution >= 0.6 is 18.3 Å². The van der Waals surface area contributed by atoms with Gasteiger partial charge >= 0.3 is 12.4 Å². The minimum absolute atomic E-state index is 0.161. The van der Waals surface area contributed by atoms with E-state index in [2.05, 4.69) is 4.98 Å². The number of alkyl halides is 2. The first-order valence-electron chi connectivity index (χ1n) is 11.7. The number of nitrogen functional groups attached to an aromatic ring is 1. The highest BCUT2D eigenvalue weighted by Gasteiger charge is 2.61. The van der Waals surface area contributed by atoms with Crippen LogP contribution in [0, 0.1) is 0 Å². The maximum Gasteiger partial charge on any atom is 0.435 e. The fourth-order valence-corrected chi connectivity index (χ4v) is 5.90. The number of aromatic nitrogens is 2. The second kappa shape index (κ2) is 12.4. The molecular weight excluding hydrogens is 611 g/mol. The molecule has 1 aromatic heterocycles. The quantitative estimate of drug-likeness (QED) is 0.265. The molecule has 1 aliphatic rings. The van der Waals surface area contributed by atoms with Crippen LogP contribution in [0.15, 0.2) is 59.5 Å². The standard InChI is InChI=1S/C24H25ClF2N3O9PS/c1-34-13-3-7-15(8-4-13)38-40(41,39-16-9-5-14(35-2)6-10-16)36-12-24(22(26)27)19(32)18(31)21(37-24)30-11-17(25)20(28)29-23(30)33/h3-11,18-19,21-22,31-32H,12H2,1-2H3,(H2,28,29,33)/t18-,19-,21-,24-/m1/s1. The van der Waals surface area contributed by atoms with E-state index in [1.807, 2.05) is 0 Å². The Bertz CT molecular complexity index is 1410. The third kappa shape index (κ3) is 6.56. The van der Waals surface area contributed by atoms with Crippen molar-refractivity contribution in [2.45, 2.75) is 30.5 Å². The molecule has 0 saturated carbocycles. The summed E-state index contributed by atoms with van der Waals surface area (Å²) in [5, 5.41) is 21.2. The summed E-state index contributed by atoms with van der Waals surface area (Å²) in [6, 6.07) is 12.2. The molecule has 17 heteroatoms. The number of methoxy groups -OCH3 is 2. The number of nitrogens with two attached hydrogens (primary N) is 1. The molecule has 0 amide bonds. The van der Waals surface area contributed by atoms with Crippen LogP contribution in [0.4, 0.5) is 14.6 Å². The number of benzene rings is 2. The highest BCUT2D eigenvalue weighted by atomic mass is 35.5. The van der Waals surface area contributed by atoms with Gasteiger partial charge in [-0.25, -0.2) is 13.6 Å². The molecule has 2 aromatic carbocycles. The number of rotatable bonds is 11. The topological polar surface area (TPSA) is 157 Å². The zero-order chi connectivity index (χ0) is 29.9. The van der Waals surface area contributed by atoms with Gasteiger partial charge in [-0.15, -0.1) is 0 Å². The molecule has 1 saturated heterocycles. The summed E-state index contributed by atoms with van der Waals surface area (Å²) in [7, 11) is 2.94. The van der Waals surface area contributed by atoms with Gasteiger partial charge in [0.15, 0.2) is 11.8 Å². The van der Waals surface area contributed by atoms with Crippen LogP contribution in [0.2, 0.25) is 5.02 Å². The predicted octanol–water partition coefficient (Wildman–Crippen LogP) is 3.15. The highest BCUT2D eigenvalue weighted by molar-refractivity contribution is 8.07. The van der Waals surface area contributed by atoms with E-state index >= 15 is 0 Å². The minimum Gasteiger partial charge on any atom is -0.497 e. The number of aliphatic hydroxyl groups is 2. The number of anilines is 1. The van der Waals surface area contributed by atoms with Gasteiger partial charge in [0, 0.05) is 18.0 Å². The van der Waals surface area contributed by atoms with Crippen LogP contribution < -0.4 is 29.9 Å². The lowest BCUT2D eigenvalue weighted by Crippen LogP contribution is -2.52. The van der Waals surface area contributed by atoms with Gasteiger partial charge in [-0.1, -0.05) is 11.6 Å². The Morgan fingerprint density at radius 1 is 1.07 bits per heavy atom. The van der Waals surface area contributed by atoms with E-state index in [0.29, 0.717) is 16.1 Å². The number of aliphatic hydroxyl groups excluding tert-OH is 2. The van der Waals surface area contributed by atoms with E-state index < -0.39 is 49.5 Å². The maximum atomic E-state index is 14.6. The SMILES string of the molecule is COc1ccc(OP(=S)(OC[C@@]2(C(F)F)O[C@@H](n3cc(Cl)c(N)nc3=O)[C@H](O)[C@H]2O)Oc2ccc(OC)cc2)cc1. The normalized spacial score (nSPS) is 22.5. The molecule has 3 aromatic rings. The van der Waals surface area contributed by atoms with E-state index in [9.17, 15) is 23.8 Å². The van der Waals surface area contributed by atoms with Crippen molar-refractivity contribution in [3.05, 3.63) is 70.2 Å². The van der Waals surface area contributed by atoms with Crippen molar-refractivity contribution >= 4 is 35.9 Å². The summed E-state index contributed by atoms with van der Waals surface area (Å²) < 4.78 is 62.8. The lowest BCUT2D eigenvalue weighted by atomic mass is 9.96. The summed E-state index contributed by atoms with van der Waals surface area (Å²) in [5.41, 5.74) is 1.56. The fourth-order valence-electron chi connectivity index (χ4n) is 3.82. The Balaban J connectivity index is 1.65. The Morgan fingerprint density at radius 2 is 1.56 bits per heavy atom. The summed E-state index contributed by atoms with van der Waals surface area (Å²) in [6.07, 6.45) is -8.63. The molecule has 12 nitrogen and oxygen atoms in total. The summed E-state index contributed by atoms with van der Waals surface area (Å²) in [6.45, 7) is -5.10. The second-order valence-corrected chi connectivity index (χ2v) is 11.9. The van der Waals surface area contributed by atoms with Gasteiger partial charge in [0.05, 0.1) is 25.8 Å². The van der Waals surface area contributed by atoms with Gasteiger partial charge in [0.1, 0.15) is 41.0 Å². The van der Waals surface area contributed by atoms with Crippen molar-refractivity contribution < 1.29 is 46.8 Å². The van der Waals surface area contributed by atoms with Gasteiger partial charge in [-0.3, -0.25) is 9.09 Å². The van der Waals surface area contributed by atoms with Crippen LogP contribution in [-0.4, -0.2) is 64.8 Å². The van der Waals surface area contributed by atoms with Crippen LogP contribution in [0.5, 0.6) is 23.0 Å². The lowest BCUT2D eigenvalue weighted by molar-refractivity contribution is -0.192. The van der Waals surface area contributed by atoms with Crippen molar-refractivity contribution in [2.75, 3.05) is 26.6 Å². The van der Waals surface area contributed by atoms with Gasteiger partial charge in [-0.05, 0) is 48.5 Å². The third-order valence-electron chi connectivity index (χ3n) is 6.04. The molecule has 2 heterocycles. The van der Waals surface area contributed by atoms with E-state index in [1.54, 1.807) is 24.3 Å². The molecule has 0 bridgehead atoms. The molecule has 4 rings (SSSR count). The second-order valence-electron chi connectivity index (χ2n) is 8.62. The molecule has 4 atom stereocenters. The average Bonchev–Trinajstić information content (AvgIpc) is 3.21. The minimum atomic E-state index is -3.98. The van der Waals surface area contributed by atoms with Crippen molar-refractivity contribution in [3.63, 3.8) is 0 Å². The fraction of sp³-hybridized carbons (Fsp3) is 0.333. The number of hydrogen-bond donors (Lipinski definition) is 3. The Labute approximate surface area is 242 Å². The Kier molecular flexibility index (Phi) is 9.39. The van der Waals surface area contributed by atoms with Crippen molar-refractivity contribution in [1.29, 1.82) is 0 Å². The van der Waals surface area contributed by atoms with Crippen LogP contribution in [0.3, 0.4) is 0 Å². The van der Waals surface area contributed by atoms with Gasteiger partial charge in [-0.2, -0.15) is 4.98 Å². The highest BCUT2D eigenvalue weighted by Crippen LogP contribution is 2.53. The first kappa shape index (κ1) is 30.9. The van der Waals surface area contributed by atoms with Crippen LogP contribution in [0.1, 0.15) is 6.23 Å². The summed E-state index contributed by atoms with van der Waals surface area (Å²) in [4.78, 5) is 15.8. The zero-order valence-corrected chi connectivity index (χ0v) is 23.9. The zero-order valence-electron chi connectivity index (χ0n) is 21.4. The van der Waals surface area contributed by atoms with Gasteiger partial charge in [0.25, 0.3) is 6.43 Å². The number of nitrogens with zero attached hydrogens (tertiary/aromatic N) is 2. The van der Waals surface area contributed by atoms with Crippen LogP contribution in [-0.2, 0) is 21.1 Å². The van der Waals surface area contributed by atoms with Crippen LogP contribution in [0.25, 0.3) is 0 Å². The smallest absolute Gasteiger partial charge is 0.435 e. The van der Waals surface area contributed by atoms with E-state index in [4.69, 9.17) is 56.9 Å². The van der Waals surface area contributed by atoms with Gasteiger partial charge in [0.2, 0.25) is 0 Å². The molecule has 0 aliphatic carbocycles. The molecule has 0 radical (unpaired) electrons. The largest absolute Gasteiger partial charge is 0.497 e. The first-order chi connectivity index (χ1) is 19.4. The summed E-state index contributed by atoms with van der Waals surface area (Å²) >= 11 is 11.5. The molecule has 1 aliphatic heterocycles. The molecule has 4 N–H and O–H groups in total. The number of halogens is 3. The van der Waals surface area contributed by atoms with Crippen molar-refractivity contribution in [3.8, 4) is 23.0 Å². The molecule has 222 valence electrons. The van der Waals surface area contributed by atoms with Crippen molar-refractivity contribution in [2.24, 2.45) is 0 Å². The van der Waals surface area contributed by atoms with E-state index in [0.717, 1.165) is 6.20 Å². The predicted molar refractivity (Wildman–Crippen MR) is 146 cm³/mol. The average molecular weight is 636 g/mol. The lowest BCUT2D eigenvalue weighted by Gasteiger charge is -2.33. The molecule has 41 heavy (non-hydrogen) atoms. The number of hydrogen-bond acceptors (Lipinski definition) is 12. The first-order valence-corrected chi connectivity index (χ1v) is 14.6. The summed E-state index contributed by atoms with van der Waals surface area (Å²) in [5.74, 6) is 1.02. The van der Waals surface area contributed by atoms with Gasteiger partial charge < -0.3 is 39.2 Å². The third-order valence-corrected chi connectivity index (χ3v) is 8.40. The van der Waals surface area contributed by atoms with E-state index in [-0.39, 0.29) is 22.3 Å². The maximum absolute atomic E-state index is 14.6. The monoisotopic (exact) mass is 635 g/mol. The number of ether oxygens (including phenoxy) is 3. The van der Waals surface area contributed by atoms with E-state index in [1.165, 1.54) is 38.5 Å². The Hall–Kier alpha value is -3.04. The Morgan fingerprint density at radius 3 is 2.02 bits per heavy atom. The molecule has 0 spiro atoms. The molecular formula is C24H25ClF2N3O9PS. The molecule has 0 unspecified atom stereocenters.